The Kier molecular flexibility index (Phi) is 7.09. The molecule has 1 aromatic heterocycles. The number of aliphatic hydroxyl groups is 1. The Labute approximate surface area is 183 Å². The molecule has 0 saturated heterocycles. The van der Waals surface area contributed by atoms with Gasteiger partial charge in [-0.2, -0.15) is 0 Å². The molecule has 0 unspecified atom stereocenters. The molecule has 2 aromatic rings. The van der Waals surface area contributed by atoms with E-state index in [-0.39, 0.29) is 24.8 Å². The van der Waals surface area contributed by atoms with Gasteiger partial charge in [0.15, 0.2) is 12.4 Å². The minimum absolute atomic E-state index is 0.00277. The van der Waals surface area contributed by atoms with E-state index >= 15 is 0 Å². The summed E-state index contributed by atoms with van der Waals surface area (Å²) >= 11 is 1.43. The van der Waals surface area contributed by atoms with Gasteiger partial charge < -0.3 is 15.6 Å². The quantitative estimate of drug-likeness (QED) is 0.539. The number of aliphatic imine (C=N–C) groups is 1. The first-order chi connectivity index (χ1) is 14.8. The fraction of sp³-hybridized carbons (Fsp3) is 0.286. The first-order valence-electron chi connectivity index (χ1n) is 9.23. The van der Waals surface area contributed by atoms with Gasteiger partial charge in [-0.3, -0.25) is 4.31 Å². The van der Waals surface area contributed by atoms with Gasteiger partial charge in [0.2, 0.25) is 11.8 Å². The van der Waals surface area contributed by atoms with Crippen molar-refractivity contribution < 1.29 is 18.6 Å². The molecule has 1 aromatic carbocycles. The second-order valence-corrected chi connectivity index (χ2v) is 7.88. The lowest BCUT2D eigenvalue weighted by Gasteiger charge is -2.34. The van der Waals surface area contributed by atoms with Crippen molar-refractivity contribution in [2.24, 2.45) is 10.7 Å². The standard InChI is InChI=1S/C21H21F2N5O2S/c1-21(13-31-28(2)20(24)27-21)15-9-14(5-6-16(15)22)10-17(23)18-11-26-19(12-25-18)30-8-4-3-7-29/h5-6,9-12,29H,7-8,13H2,1-2H3,(H2,24,27)/b17-10-/t21-/m0/s1. The number of hydrogen-bond acceptors (Lipinski definition) is 8. The molecule has 2 heterocycles. The number of benzene rings is 1. The highest BCUT2D eigenvalue weighted by Crippen LogP contribution is 2.36. The van der Waals surface area contributed by atoms with Crippen LogP contribution in [-0.2, 0) is 5.54 Å². The Balaban J connectivity index is 1.81. The zero-order valence-electron chi connectivity index (χ0n) is 17.0. The van der Waals surface area contributed by atoms with Crippen molar-refractivity contribution in [1.29, 1.82) is 0 Å². The molecule has 1 atom stereocenters. The fourth-order valence-corrected chi connectivity index (χ4v) is 3.62. The Morgan fingerprint density at radius 3 is 2.87 bits per heavy atom. The monoisotopic (exact) mass is 445 g/mol. The lowest BCUT2D eigenvalue weighted by atomic mass is 9.92. The lowest BCUT2D eigenvalue weighted by Crippen LogP contribution is -2.40. The number of nitrogens with two attached hydrogens (primary N) is 1. The fourth-order valence-electron chi connectivity index (χ4n) is 2.78. The molecule has 3 N–H and O–H groups in total. The Hall–Kier alpha value is -3.16. The van der Waals surface area contributed by atoms with Crippen LogP contribution in [0.4, 0.5) is 8.78 Å². The van der Waals surface area contributed by atoms with Gasteiger partial charge in [-0.25, -0.2) is 23.7 Å². The van der Waals surface area contributed by atoms with E-state index in [2.05, 4.69) is 26.8 Å². The van der Waals surface area contributed by atoms with Crippen molar-refractivity contribution in [2.45, 2.75) is 12.5 Å². The third kappa shape index (κ3) is 5.51. The van der Waals surface area contributed by atoms with Crippen LogP contribution in [0, 0.1) is 17.7 Å². The van der Waals surface area contributed by atoms with E-state index in [0.29, 0.717) is 22.8 Å². The highest BCUT2D eigenvalue weighted by molar-refractivity contribution is 7.97. The van der Waals surface area contributed by atoms with Gasteiger partial charge >= 0.3 is 0 Å². The van der Waals surface area contributed by atoms with Crippen molar-refractivity contribution in [2.75, 3.05) is 26.0 Å². The summed E-state index contributed by atoms with van der Waals surface area (Å²) in [5.74, 6) is 4.90. The maximum absolute atomic E-state index is 14.7. The van der Waals surface area contributed by atoms with Gasteiger partial charge in [-0.05, 0) is 42.6 Å². The summed E-state index contributed by atoms with van der Waals surface area (Å²) in [5, 5.41) is 8.58. The zero-order chi connectivity index (χ0) is 22.4. The molecule has 162 valence electrons. The third-order valence-electron chi connectivity index (χ3n) is 4.46. The molecule has 3 rings (SSSR count). The maximum Gasteiger partial charge on any atom is 0.233 e. The van der Waals surface area contributed by atoms with Gasteiger partial charge in [0.1, 0.15) is 23.7 Å². The van der Waals surface area contributed by atoms with Crippen molar-refractivity contribution in [1.82, 2.24) is 14.3 Å². The summed E-state index contributed by atoms with van der Waals surface area (Å²) in [6, 6.07) is 4.31. The molecule has 1 aliphatic rings. The van der Waals surface area contributed by atoms with E-state index in [1.807, 2.05) is 0 Å². The Bertz CT molecular complexity index is 1070. The molecule has 0 radical (unpaired) electrons. The molecular weight excluding hydrogens is 424 g/mol. The SMILES string of the molecule is CN1SC[C@@](C)(c2cc(/C=C(\F)c3cnc(OCC#CCO)cn3)ccc2F)N=C1N. The Morgan fingerprint density at radius 2 is 2.19 bits per heavy atom. The molecule has 0 amide bonds. The van der Waals surface area contributed by atoms with E-state index in [4.69, 9.17) is 15.6 Å². The summed E-state index contributed by atoms with van der Waals surface area (Å²) in [6.07, 6.45) is 3.75. The zero-order valence-corrected chi connectivity index (χ0v) is 17.8. The smallest absolute Gasteiger partial charge is 0.233 e. The van der Waals surface area contributed by atoms with Gasteiger partial charge in [-0.15, -0.1) is 0 Å². The number of aromatic nitrogens is 2. The van der Waals surface area contributed by atoms with Crippen molar-refractivity contribution >= 4 is 29.8 Å². The van der Waals surface area contributed by atoms with Crippen LogP contribution in [0.2, 0.25) is 0 Å². The van der Waals surface area contributed by atoms with Crippen LogP contribution in [0.1, 0.15) is 23.7 Å². The average Bonchev–Trinajstić information content (AvgIpc) is 2.76. The second kappa shape index (κ2) is 9.76. The normalized spacial score (nSPS) is 18.8. The lowest BCUT2D eigenvalue weighted by molar-refractivity contribution is 0.344. The number of nitrogens with zero attached hydrogens (tertiary/aromatic N) is 4. The number of guanidine groups is 1. The highest BCUT2D eigenvalue weighted by atomic mass is 32.2. The summed E-state index contributed by atoms with van der Waals surface area (Å²) < 4.78 is 36.2. The molecule has 31 heavy (non-hydrogen) atoms. The second-order valence-electron chi connectivity index (χ2n) is 6.79. The van der Waals surface area contributed by atoms with Crippen molar-refractivity contribution in [3.63, 3.8) is 0 Å². The first-order valence-corrected chi connectivity index (χ1v) is 10.2. The summed E-state index contributed by atoms with van der Waals surface area (Å²) in [5.41, 5.74) is 5.82. The minimum atomic E-state index is -0.872. The van der Waals surface area contributed by atoms with Crippen molar-refractivity contribution in [3.8, 4) is 17.7 Å². The topological polar surface area (TPSA) is 96.9 Å². The average molecular weight is 445 g/mol. The van der Waals surface area contributed by atoms with E-state index < -0.39 is 17.2 Å². The number of hydrogen-bond donors (Lipinski definition) is 2. The number of rotatable bonds is 5. The summed E-state index contributed by atoms with van der Waals surface area (Å²) in [6.45, 7) is 1.56. The number of aliphatic hydroxyl groups excluding tert-OH is 1. The van der Waals surface area contributed by atoms with Gasteiger partial charge in [-0.1, -0.05) is 17.9 Å². The minimum Gasteiger partial charge on any atom is -0.463 e. The summed E-state index contributed by atoms with van der Waals surface area (Å²) in [7, 11) is 1.79. The molecule has 1 aliphatic heterocycles. The van der Waals surface area contributed by atoms with Gasteiger partial charge in [0.05, 0.1) is 12.4 Å². The molecule has 7 nitrogen and oxygen atoms in total. The van der Waals surface area contributed by atoms with Crippen LogP contribution in [-0.4, -0.2) is 51.4 Å². The van der Waals surface area contributed by atoms with Crippen LogP contribution >= 0.6 is 11.9 Å². The van der Waals surface area contributed by atoms with E-state index in [1.165, 1.54) is 42.6 Å². The van der Waals surface area contributed by atoms with Crippen LogP contribution < -0.4 is 10.5 Å². The van der Waals surface area contributed by atoms with E-state index in [1.54, 1.807) is 24.3 Å². The molecule has 0 fully saturated rings. The molecule has 0 spiro atoms. The van der Waals surface area contributed by atoms with Crippen LogP contribution in [0.25, 0.3) is 11.9 Å². The predicted octanol–water partition coefficient (Wildman–Crippen LogP) is 2.58. The molecule has 0 saturated carbocycles. The van der Waals surface area contributed by atoms with E-state index in [9.17, 15) is 8.78 Å². The van der Waals surface area contributed by atoms with Gasteiger partial charge in [0, 0.05) is 18.4 Å². The number of halogens is 2. The molecule has 0 aliphatic carbocycles. The van der Waals surface area contributed by atoms with E-state index in [0.717, 1.165) is 0 Å². The highest BCUT2D eigenvalue weighted by Gasteiger charge is 2.34. The third-order valence-corrected chi connectivity index (χ3v) is 5.72. The largest absolute Gasteiger partial charge is 0.463 e. The summed E-state index contributed by atoms with van der Waals surface area (Å²) in [4.78, 5) is 12.4. The molecular formula is C21H21F2N5O2S. The van der Waals surface area contributed by atoms with Crippen LogP contribution in [0.15, 0.2) is 35.6 Å². The Morgan fingerprint density at radius 1 is 1.39 bits per heavy atom. The predicted molar refractivity (Wildman–Crippen MR) is 117 cm³/mol. The molecule has 10 heteroatoms. The maximum atomic E-state index is 14.7. The van der Waals surface area contributed by atoms with Crippen LogP contribution in [0.5, 0.6) is 5.88 Å². The molecule has 0 bridgehead atoms. The number of ether oxygens (including phenoxy) is 1. The van der Waals surface area contributed by atoms with Crippen molar-refractivity contribution in [3.05, 3.63) is 53.2 Å². The van der Waals surface area contributed by atoms with Crippen LogP contribution in [0.3, 0.4) is 0 Å². The van der Waals surface area contributed by atoms with Gasteiger partial charge in [0.25, 0.3) is 0 Å². The first kappa shape index (κ1) is 22.5.